The molecular formula is C44H30. The highest BCUT2D eigenvalue weighted by molar-refractivity contribution is 6.23. The van der Waals surface area contributed by atoms with E-state index in [2.05, 4.69) is 164 Å². The fourth-order valence-corrected chi connectivity index (χ4v) is 7.47. The first-order valence-electron chi connectivity index (χ1n) is 15.5. The van der Waals surface area contributed by atoms with Crippen molar-refractivity contribution in [3.05, 3.63) is 174 Å². The van der Waals surface area contributed by atoms with Crippen LogP contribution in [0.15, 0.2) is 158 Å². The van der Waals surface area contributed by atoms with Crippen LogP contribution in [0.3, 0.4) is 0 Å². The van der Waals surface area contributed by atoms with E-state index >= 15 is 0 Å². The lowest BCUT2D eigenvalue weighted by molar-refractivity contribution is 0.829. The predicted molar refractivity (Wildman–Crippen MR) is 189 cm³/mol. The van der Waals surface area contributed by atoms with Gasteiger partial charge in [0.2, 0.25) is 0 Å². The topological polar surface area (TPSA) is 0 Å². The zero-order valence-electron chi connectivity index (χ0n) is 24.4. The van der Waals surface area contributed by atoms with E-state index in [0.29, 0.717) is 5.92 Å². The van der Waals surface area contributed by atoms with Gasteiger partial charge in [-0.1, -0.05) is 164 Å². The first kappa shape index (κ1) is 25.1. The molecule has 206 valence electrons. The molecule has 1 aliphatic rings. The Bertz CT molecular complexity index is 2360. The monoisotopic (exact) mass is 558 g/mol. The zero-order valence-corrected chi connectivity index (χ0v) is 24.4. The summed E-state index contributed by atoms with van der Waals surface area (Å²) in [5.41, 5.74) is 9.32. The van der Waals surface area contributed by atoms with E-state index < -0.39 is 0 Å². The molecule has 0 bridgehead atoms. The first-order chi connectivity index (χ1) is 21.8. The summed E-state index contributed by atoms with van der Waals surface area (Å²) in [4.78, 5) is 0. The van der Waals surface area contributed by atoms with Crippen molar-refractivity contribution in [1.29, 1.82) is 0 Å². The van der Waals surface area contributed by atoms with E-state index in [1.807, 2.05) is 0 Å². The summed E-state index contributed by atoms with van der Waals surface area (Å²) in [6.45, 7) is 0. The fourth-order valence-electron chi connectivity index (χ4n) is 7.47. The molecule has 1 unspecified atom stereocenters. The van der Waals surface area contributed by atoms with Gasteiger partial charge in [0.05, 0.1) is 0 Å². The summed E-state index contributed by atoms with van der Waals surface area (Å²) in [6.07, 6.45) is 5.71. The smallest absolute Gasteiger partial charge is 0.00621 e. The molecule has 0 N–H and O–H groups in total. The van der Waals surface area contributed by atoms with Crippen molar-refractivity contribution in [3.63, 3.8) is 0 Å². The van der Waals surface area contributed by atoms with Crippen molar-refractivity contribution in [2.75, 3.05) is 0 Å². The fraction of sp³-hybridized carbons (Fsp3) is 0.0455. The Morgan fingerprint density at radius 2 is 1.05 bits per heavy atom. The van der Waals surface area contributed by atoms with Crippen LogP contribution in [0, 0.1) is 0 Å². The van der Waals surface area contributed by atoms with Crippen LogP contribution in [0.4, 0.5) is 0 Å². The Kier molecular flexibility index (Phi) is 5.74. The molecule has 9 rings (SSSR count). The summed E-state index contributed by atoms with van der Waals surface area (Å²) in [5.74, 6) is 0.365. The van der Waals surface area contributed by atoms with E-state index in [9.17, 15) is 0 Å². The first-order valence-corrected chi connectivity index (χ1v) is 15.5. The van der Waals surface area contributed by atoms with Crippen molar-refractivity contribution >= 4 is 49.2 Å². The Labute approximate surface area is 257 Å². The van der Waals surface area contributed by atoms with Gasteiger partial charge in [-0.15, -0.1) is 0 Å². The Morgan fingerprint density at radius 3 is 1.80 bits per heavy atom. The number of fused-ring (bicyclic) bond motifs is 5. The molecule has 0 amide bonds. The number of hydrogen-bond acceptors (Lipinski definition) is 0. The molecule has 0 radical (unpaired) electrons. The summed E-state index contributed by atoms with van der Waals surface area (Å²) < 4.78 is 0. The van der Waals surface area contributed by atoms with Crippen LogP contribution in [0.2, 0.25) is 0 Å². The van der Waals surface area contributed by atoms with Crippen LogP contribution in [-0.4, -0.2) is 0 Å². The molecule has 0 fully saturated rings. The van der Waals surface area contributed by atoms with Gasteiger partial charge < -0.3 is 0 Å². The van der Waals surface area contributed by atoms with Crippen LogP contribution < -0.4 is 0 Å². The molecular weight excluding hydrogens is 528 g/mol. The van der Waals surface area contributed by atoms with Crippen LogP contribution >= 0.6 is 0 Å². The van der Waals surface area contributed by atoms with Gasteiger partial charge >= 0.3 is 0 Å². The lowest BCUT2D eigenvalue weighted by Crippen LogP contribution is -2.06. The highest BCUT2D eigenvalue weighted by Gasteiger charge is 2.20. The van der Waals surface area contributed by atoms with Gasteiger partial charge in [-0.2, -0.15) is 0 Å². The maximum absolute atomic E-state index is 2.46. The van der Waals surface area contributed by atoms with E-state index in [1.54, 1.807) is 0 Å². The number of hydrogen-bond donors (Lipinski definition) is 0. The van der Waals surface area contributed by atoms with Crippen LogP contribution in [0.5, 0.6) is 0 Å². The summed E-state index contributed by atoms with van der Waals surface area (Å²) >= 11 is 0. The second-order valence-electron chi connectivity index (χ2n) is 12.1. The van der Waals surface area contributed by atoms with Crippen molar-refractivity contribution in [2.45, 2.75) is 12.3 Å². The molecule has 0 aliphatic heterocycles. The quantitative estimate of drug-likeness (QED) is 0.189. The third kappa shape index (κ3) is 3.99. The highest BCUT2D eigenvalue weighted by Crippen LogP contribution is 2.46. The van der Waals surface area contributed by atoms with E-state index in [4.69, 9.17) is 0 Å². The molecule has 0 aromatic heterocycles. The second-order valence-corrected chi connectivity index (χ2v) is 12.1. The number of rotatable bonds is 3. The molecule has 8 aromatic carbocycles. The van der Waals surface area contributed by atoms with Gasteiger partial charge in [0, 0.05) is 5.92 Å². The van der Waals surface area contributed by atoms with Gasteiger partial charge in [0.1, 0.15) is 0 Å². The Morgan fingerprint density at radius 1 is 0.432 bits per heavy atom. The molecule has 0 saturated carbocycles. The molecule has 1 aliphatic carbocycles. The SMILES string of the molecule is C1=CC(c2ccc3ccccc3c2)Cc2cc(-c3c4ccccc4c(-c4cccc5ccccc45)c4ccccc34)ccc21. The summed E-state index contributed by atoms with van der Waals surface area (Å²) in [7, 11) is 0. The summed E-state index contributed by atoms with van der Waals surface area (Å²) in [5, 5.41) is 10.3. The largest absolute Gasteiger partial charge is 0.0761 e. The Hall–Kier alpha value is -5.46. The van der Waals surface area contributed by atoms with Crippen LogP contribution in [0.1, 0.15) is 22.6 Å². The molecule has 0 heteroatoms. The minimum Gasteiger partial charge on any atom is -0.0761 e. The molecule has 1 atom stereocenters. The van der Waals surface area contributed by atoms with Crippen molar-refractivity contribution in [2.24, 2.45) is 0 Å². The normalized spacial score (nSPS) is 14.4. The lowest BCUT2D eigenvalue weighted by Gasteiger charge is -2.22. The molecule has 0 nitrogen and oxygen atoms in total. The van der Waals surface area contributed by atoms with Gasteiger partial charge in [-0.3, -0.25) is 0 Å². The van der Waals surface area contributed by atoms with Crippen LogP contribution in [-0.2, 0) is 6.42 Å². The third-order valence-corrected chi connectivity index (χ3v) is 9.57. The highest BCUT2D eigenvalue weighted by atomic mass is 14.2. The van der Waals surface area contributed by atoms with E-state index in [-0.39, 0.29) is 0 Å². The molecule has 0 saturated heterocycles. The lowest BCUT2D eigenvalue weighted by atomic mass is 9.81. The summed E-state index contributed by atoms with van der Waals surface area (Å²) in [6, 6.07) is 56.1. The van der Waals surface area contributed by atoms with Gasteiger partial charge in [-0.25, -0.2) is 0 Å². The Balaban J connectivity index is 1.23. The van der Waals surface area contributed by atoms with Crippen LogP contribution in [0.25, 0.3) is 71.4 Å². The van der Waals surface area contributed by atoms with Crippen molar-refractivity contribution < 1.29 is 0 Å². The van der Waals surface area contributed by atoms with Gasteiger partial charge in [-0.05, 0) is 88.5 Å². The molecule has 0 heterocycles. The minimum absolute atomic E-state index is 0.365. The maximum atomic E-state index is 2.46. The number of allylic oxidation sites excluding steroid dienone is 1. The zero-order chi connectivity index (χ0) is 29.0. The maximum Gasteiger partial charge on any atom is 0.00621 e. The average molecular weight is 559 g/mol. The van der Waals surface area contributed by atoms with Crippen molar-refractivity contribution in [3.8, 4) is 22.3 Å². The minimum atomic E-state index is 0.365. The van der Waals surface area contributed by atoms with Gasteiger partial charge in [0.25, 0.3) is 0 Å². The molecule has 8 aromatic rings. The third-order valence-electron chi connectivity index (χ3n) is 9.57. The molecule has 0 spiro atoms. The van der Waals surface area contributed by atoms with Gasteiger partial charge in [0.15, 0.2) is 0 Å². The predicted octanol–water partition coefficient (Wildman–Crippen LogP) is 12.0. The average Bonchev–Trinajstić information content (AvgIpc) is 3.09. The van der Waals surface area contributed by atoms with Crippen molar-refractivity contribution in [1.82, 2.24) is 0 Å². The van der Waals surface area contributed by atoms with E-state index in [0.717, 1.165) is 6.42 Å². The second kappa shape index (κ2) is 10.1. The van der Waals surface area contributed by atoms with E-state index in [1.165, 1.54) is 82.0 Å². The molecule has 44 heavy (non-hydrogen) atoms. The standard InChI is InChI=1S/C44H30/c1-2-12-32-26-33(23-20-29(32)10-1)34-24-21-30-22-25-35(28-36(30)27-34)43-39-15-5-7-17-41(39)44(42-18-8-6-16-40(42)43)38-19-9-13-31-11-3-4-14-37(31)38/h1-26,28,34H,27H2. The number of benzene rings is 8.